The number of piperidine rings is 1. The molecule has 11 heteroatoms. The van der Waals surface area contributed by atoms with Crippen LogP contribution in [0, 0.1) is 0 Å². The van der Waals surface area contributed by atoms with E-state index in [1.54, 1.807) is 0 Å². The molecule has 0 bridgehead atoms. The van der Waals surface area contributed by atoms with E-state index in [0.29, 0.717) is 11.6 Å². The normalized spacial score (nSPS) is 16.8. The molecule has 7 nitrogen and oxygen atoms in total. The first-order valence-corrected chi connectivity index (χ1v) is 9.04. The minimum absolute atomic E-state index is 0.143. The first-order valence-electron chi connectivity index (χ1n) is 7.55. The van der Waals surface area contributed by atoms with Crippen LogP contribution in [0.3, 0.4) is 0 Å². The minimum Gasteiger partial charge on any atom is -0.382 e. The van der Waals surface area contributed by atoms with Gasteiger partial charge in [-0.2, -0.15) is 23.3 Å². The molecular formula is C14H16F3N5O2S. The lowest BCUT2D eigenvalue weighted by molar-refractivity contribution is -0.0436. The van der Waals surface area contributed by atoms with Crippen LogP contribution < -0.4 is 10.2 Å². The first kappa shape index (κ1) is 17.5. The van der Waals surface area contributed by atoms with Gasteiger partial charge in [0.15, 0.2) is 0 Å². The van der Waals surface area contributed by atoms with Crippen LogP contribution in [0.1, 0.15) is 12.8 Å². The van der Waals surface area contributed by atoms with Crippen molar-refractivity contribution in [3.8, 4) is 0 Å². The van der Waals surface area contributed by atoms with Gasteiger partial charge in [0.25, 0.3) is 9.84 Å². The molecule has 2 N–H and O–H groups in total. The highest BCUT2D eigenvalue weighted by Gasteiger charge is 2.46. The van der Waals surface area contributed by atoms with E-state index in [-0.39, 0.29) is 6.04 Å². The second-order valence-electron chi connectivity index (χ2n) is 5.69. The predicted molar refractivity (Wildman–Crippen MR) is 84.9 cm³/mol. The maximum Gasteiger partial charge on any atom is 0.501 e. The number of sulfone groups is 1. The fraction of sp³-hybridized carbons (Fsp3) is 0.429. The van der Waals surface area contributed by atoms with Gasteiger partial charge in [0.05, 0.1) is 4.90 Å². The summed E-state index contributed by atoms with van der Waals surface area (Å²) in [5, 5.41) is 9.82. The summed E-state index contributed by atoms with van der Waals surface area (Å²) in [5.74, 6) is 0.708. The maximum atomic E-state index is 12.5. The number of hydrogen-bond acceptors (Lipinski definition) is 6. The molecule has 1 aromatic carbocycles. The van der Waals surface area contributed by atoms with Crippen molar-refractivity contribution in [2.75, 3.05) is 23.3 Å². The molecule has 0 amide bonds. The van der Waals surface area contributed by atoms with Gasteiger partial charge in [-0.3, -0.25) is 0 Å². The molecule has 2 aromatic rings. The highest BCUT2D eigenvalue weighted by atomic mass is 32.2. The Morgan fingerprint density at radius 2 is 1.80 bits per heavy atom. The fourth-order valence-electron chi connectivity index (χ4n) is 2.69. The number of H-pyrrole nitrogens is 1. The molecule has 1 saturated heterocycles. The largest absolute Gasteiger partial charge is 0.501 e. The summed E-state index contributed by atoms with van der Waals surface area (Å²) < 4.78 is 60.3. The number of aromatic nitrogens is 3. The molecular weight excluding hydrogens is 359 g/mol. The Bertz CT molecular complexity index is 798. The molecule has 1 aliphatic rings. The average Bonchev–Trinajstić information content (AvgIpc) is 3.09. The highest BCUT2D eigenvalue weighted by molar-refractivity contribution is 7.92. The van der Waals surface area contributed by atoms with Gasteiger partial charge in [-0.05, 0) is 37.1 Å². The van der Waals surface area contributed by atoms with Gasteiger partial charge in [-0.1, -0.05) is 0 Å². The van der Waals surface area contributed by atoms with E-state index in [9.17, 15) is 21.6 Å². The summed E-state index contributed by atoms with van der Waals surface area (Å²) >= 11 is 0. The molecule has 0 radical (unpaired) electrons. The van der Waals surface area contributed by atoms with Gasteiger partial charge < -0.3 is 10.2 Å². The van der Waals surface area contributed by atoms with Gasteiger partial charge in [-0.15, -0.1) is 0 Å². The SMILES string of the molecule is O=S(=O)(c1ccc(NC2CCN(c3ncn[nH]3)CC2)cc1)C(F)(F)F. The van der Waals surface area contributed by atoms with E-state index in [1.807, 2.05) is 0 Å². The quantitative estimate of drug-likeness (QED) is 0.851. The predicted octanol–water partition coefficient (Wildman–Crippen LogP) is 2.18. The Balaban J connectivity index is 1.60. The Labute approximate surface area is 142 Å². The zero-order valence-electron chi connectivity index (χ0n) is 13.0. The van der Waals surface area contributed by atoms with Crippen LogP contribution >= 0.6 is 0 Å². The number of aromatic amines is 1. The van der Waals surface area contributed by atoms with Crippen LogP contribution in [-0.4, -0.2) is 48.2 Å². The number of anilines is 2. The molecule has 3 rings (SSSR count). The summed E-state index contributed by atoms with van der Waals surface area (Å²) in [6.07, 6.45) is 3.06. The topological polar surface area (TPSA) is 91.0 Å². The summed E-state index contributed by atoms with van der Waals surface area (Å²) in [5.41, 5.74) is -4.71. The summed E-state index contributed by atoms with van der Waals surface area (Å²) in [7, 11) is -5.31. The monoisotopic (exact) mass is 375 g/mol. The van der Waals surface area contributed by atoms with E-state index in [4.69, 9.17) is 0 Å². The van der Waals surface area contributed by atoms with Crippen LogP contribution in [0.2, 0.25) is 0 Å². The van der Waals surface area contributed by atoms with E-state index in [2.05, 4.69) is 25.4 Å². The minimum atomic E-state index is -5.31. The zero-order valence-corrected chi connectivity index (χ0v) is 13.8. The molecule has 2 heterocycles. The van der Waals surface area contributed by atoms with Crippen molar-refractivity contribution in [2.24, 2.45) is 0 Å². The molecule has 1 fully saturated rings. The highest BCUT2D eigenvalue weighted by Crippen LogP contribution is 2.31. The van der Waals surface area contributed by atoms with Crippen LogP contribution in [0.25, 0.3) is 0 Å². The average molecular weight is 375 g/mol. The van der Waals surface area contributed by atoms with E-state index in [0.717, 1.165) is 38.1 Å². The Kier molecular flexibility index (Phi) is 4.58. The molecule has 0 saturated carbocycles. The molecule has 1 aliphatic heterocycles. The number of nitrogens with zero attached hydrogens (tertiary/aromatic N) is 3. The Morgan fingerprint density at radius 1 is 1.16 bits per heavy atom. The second kappa shape index (κ2) is 6.54. The fourth-order valence-corrected chi connectivity index (χ4v) is 3.45. The zero-order chi connectivity index (χ0) is 18.1. The van der Waals surface area contributed by atoms with Crippen LogP contribution in [0.4, 0.5) is 24.8 Å². The van der Waals surface area contributed by atoms with Crippen molar-refractivity contribution < 1.29 is 21.6 Å². The van der Waals surface area contributed by atoms with Crippen molar-refractivity contribution in [2.45, 2.75) is 29.3 Å². The lowest BCUT2D eigenvalue weighted by Crippen LogP contribution is -2.39. The molecule has 0 aliphatic carbocycles. The standard InChI is InChI=1S/C14H16F3N5O2S/c15-14(16,17)25(23,24)12-3-1-10(2-4-12)20-11-5-7-22(8-6-11)13-18-9-19-21-13/h1-4,9,11,20H,5-8H2,(H,18,19,21). The first-order chi connectivity index (χ1) is 11.8. The molecule has 0 atom stereocenters. The van der Waals surface area contributed by atoms with Crippen molar-refractivity contribution >= 4 is 21.5 Å². The third-order valence-corrected chi connectivity index (χ3v) is 5.54. The van der Waals surface area contributed by atoms with Crippen LogP contribution in [0.15, 0.2) is 35.5 Å². The van der Waals surface area contributed by atoms with E-state index >= 15 is 0 Å². The number of rotatable bonds is 4. The summed E-state index contributed by atoms with van der Waals surface area (Å²) in [4.78, 5) is 5.39. The van der Waals surface area contributed by atoms with Crippen molar-refractivity contribution in [3.63, 3.8) is 0 Å². The lowest BCUT2D eigenvalue weighted by atomic mass is 10.0. The van der Waals surface area contributed by atoms with E-state index < -0.39 is 20.2 Å². The van der Waals surface area contributed by atoms with E-state index in [1.165, 1.54) is 18.5 Å². The van der Waals surface area contributed by atoms with Crippen LogP contribution in [-0.2, 0) is 9.84 Å². The third kappa shape index (κ3) is 3.70. The molecule has 1 aromatic heterocycles. The molecule has 0 unspecified atom stereocenters. The molecule has 0 spiro atoms. The third-order valence-electron chi connectivity index (χ3n) is 4.04. The number of halogens is 3. The summed E-state index contributed by atoms with van der Waals surface area (Å²) in [6, 6.07) is 4.77. The Morgan fingerprint density at radius 3 is 2.32 bits per heavy atom. The number of alkyl halides is 3. The molecule has 25 heavy (non-hydrogen) atoms. The lowest BCUT2D eigenvalue weighted by Gasteiger charge is -2.32. The number of nitrogens with one attached hydrogen (secondary N) is 2. The number of benzene rings is 1. The van der Waals surface area contributed by atoms with Crippen molar-refractivity contribution in [3.05, 3.63) is 30.6 Å². The van der Waals surface area contributed by atoms with Crippen LogP contribution in [0.5, 0.6) is 0 Å². The van der Waals surface area contributed by atoms with Gasteiger partial charge in [0.1, 0.15) is 6.33 Å². The van der Waals surface area contributed by atoms with Gasteiger partial charge in [0.2, 0.25) is 5.95 Å². The Hall–Kier alpha value is -2.30. The smallest absolute Gasteiger partial charge is 0.382 e. The van der Waals surface area contributed by atoms with Gasteiger partial charge in [-0.25, -0.2) is 13.5 Å². The summed E-state index contributed by atoms with van der Waals surface area (Å²) in [6.45, 7) is 1.51. The molecule has 136 valence electrons. The van der Waals surface area contributed by atoms with Crippen molar-refractivity contribution in [1.82, 2.24) is 15.2 Å². The second-order valence-corrected chi connectivity index (χ2v) is 7.63. The van der Waals surface area contributed by atoms with Crippen molar-refractivity contribution in [1.29, 1.82) is 0 Å². The maximum absolute atomic E-state index is 12.5. The van der Waals surface area contributed by atoms with Gasteiger partial charge in [0, 0.05) is 24.8 Å². The number of hydrogen-bond donors (Lipinski definition) is 2. The van der Waals surface area contributed by atoms with Gasteiger partial charge >= 0.3 is 5.51 Å².